The first-order valence-corrected chi connectivity index (χ1v) is 13.0. The Morgan fingerprint density at radius 2 is 1.13 bits per heavy atom. The molecular weight excluding hydrogens is 466 g/mol. The van der Waals surface area contributed by atoms with E-state index in [2.05, 4.69) is 80.8 Å². The summed E-state index contributed by atoms with van der Waals surface area (Å²) in [5, 5.41) is 3.79. The van der Waals surface area contributed by atoms with Crippen LogP contribution in [0.4, 0.5) is 0 Å². The molecule has 0 aliphatic heterocycles. The fourth-order valence-electron chi connectivity index (χ4n) is 6.08. The van der Waals surface area contributed by atoms with Crippen molar-refractivity contribution in [3.8, 4) is 16.8 Å². The molecule has 38 heavy (non-hydrogen) atoms. The molecule has 184 valence electrons. The van der Waals surface area contributed by atoms with E-state index >= 15 is 0 Å². The van der Waals surface area contributed by atoms with E-state index in [1.165, 1.54) is 44.1 Å². The minimum absolute atomic E-state index is 0.00198. The molecular formula is C35H27NO2. The molecule has 3 nitrogen and oxygen atoms in total. The van der Waals surface area contributed by atoms with Crippen molar-refractivity contribution >= 4 is 43.7 Å². The molecule has 2 heterocycles. The second-order valence-electron chi connectivity index (χ2n) is 10.5. The zero-order valence-electron chi connectivity index (χ0n) is 21.9. The molecule has 0 radical (unpaired) electrons. The zero-order valence-corrected chi connectivity index (χ0v) is 21.9. The van der Waals surface area contributed by atoms with E-state index in [-0.39, 0.29) is 5.43 Å². The minimum Gasteiger partial charge on any atom is -0.456 e. The van der Waals surface area contributed by atoms with Crippen molar-refractivity contribution in [3.05, 3.63) is 123 Å². The van der Waals surface area contributed by atoms with Gasteiger partial charge in [0, 0.05) is 16.5 Å². The van der Waals surface area contributed by atoms with Crippen molar-refractivity contribution in [2.24, 2.45) is 0 Å². The Balaban J connectivity index is 1.41. The van der Waals surface area contributed by atoms with Crippen LogP contribution in [0.2, 0.25) is 0 Å². The lowest BCUT2D eigenvalue weighted by Crippen LogP contribution is -2.02. The number of hydrogen-bond donors (Lipinski definition) is 0. The van der Waals surface area contributed by atoms with Crippen LogP contribution in [0, 0.1) is 27.7 Å². The summed E-state index contributed by atoms with van der Waals surface area (Å²) < 4.78 is 8.41. The van der Waals surface area contributed by atoms with Crippen molar-refractivity contribution in [2.75, 3.05) is 0 Å². The summed E-state index contributed by atoms with van der Waals surface area (Å²) in [6.45, 7) is 8.73. The molecule has 0 atom stereocenters. The molecule has 0 fully saturated rings. The van der Waals surface area contributed by atoms with Crippen molar-refractivity contribution < 1.29 is 4.42 Å². The van der Waals surface area contributed by atoms with Gasteiger partial charge in [-0.05, 0) is 98.5 Å². The Morgan fingerprint density at radius 1 is 0.553 bits per heavy atom. The van der Waals surface area contributed by atoms with Crippen LogP contribution < -0.4 is 5.43 Å². The number of benzene rings is 5. The standard InChI is InChI=1S/C35H27NO2/c1-20-15-22(3)33-28(17-20)29-18-21(2)16-23(4)34(29)36(33)26-12-9-24(10-13-26)25-11-14-32-30(19-25)35(37)27-7-5-6-8-31(27)38-32/h5-19H,1-4H3. The van der Waals surface area contributed by atoms with Crippen LogP contribution in [0.25, 0.3) is 60.6 Å². The van der Waals surface area contributed by atoms with Crippen LogP contribution in [0.15, 0.2) is 100 Å². The fraction of sp³-hybridized carbons (Fsp3) is 0.114. The Hall–Kier alpha value is -4.63. The largest absolute Gasteiger partial charge is 0.456 e. The maximum atomic E-state index is 13.2. The summed E-state index contributed by atoms with van der Waals surface area (Å²) in [6.07, 6.45) is 0. The minimum atomic E-state index is 0.00198. The Labute approximate surface area is 220 Å². The van der Waals surface area contributed by atoms with Crippen LogP contribution in [0.5, 0.6) is 0 Å². The molecule has 3 heteroatoms. The molecule has 0 aliphatic rings. The van der Waals surface area contributed by atoms with E-state index in [0.717, 1.165) is 16.8 Å². The normalized spacial score (nSPS) is 11.8. The monoisotopic (exact) mass is 493 g/mol. The maximum absolute atomic E-state index is 13.2. The number of nitrogens with zero attached hydrogens (tertiary/aromatic N) is 1. The SMILES string of the molecule is Cc1cc(C)c2c(c1)c1cc(C)cc(C)c1n2-c1ccc(-c2ccc3oc4ccccc4c(=O)c3c2)cc1. The number of para-hydroxylation sites is 1. The number of hydrogen-bond acceptors (Lipinski definition) is 2. The highest BCUT2D eigenvalue weighted by atomic mass is 16.3. The first-order valence-electron chi connectivity index (χ1n) is 13.0. The number of aryl methyl sites for hydroxylation is 4. The Kier molecular flexibility index (Phi) is 4.86. The van der Waals surface area contributed by atoms with E-state index in [4.69, 9.17) is 4.42 Å². The van der Waals surface area contributed by atoms with Gasteiger partial charge in [-0.2, -0.15) is 0 Å². The van der Waals surface area contributed by atoms with Gasteiger partial charge in [0.1, 0.15) is 11.2 Å². The summed E-state index contributed by atoms with van der Waals surface area (Å²) in [6, 6.07) is 31.1. The van der Waals surface area contributed by atoms with Gasteiger partial charge in [0.15, 0.2) is 0 Å². The van der Waals surface area contributed by atoms with Gasteiger partial charge in [0.2, 0.25) is 5.43 Å². The Morgan fingerprint density at radius 3 is 1.79 bits per heavy atom. The maximum Gasteiger partial charge on any atom is 0.200 e. The summed E-state index contributed by atoms with van der Waals surface area (Å²) in [4.78, 5) is 13.2. The predicted molar refractivity (Wildman–Crippen MR) is 159 cm³/mol. The molecule has 0 unspecified atom stereocenters. The van der Waals surface area contributed by atoms with Crippen LogP contribution in [-0.4, -0.2) is 4.57 Å². The van der Waals surface area contributed by atoms with E-state index in [1.54, 1.807) is 0 Å². The van der Waals surface area contributed by atoms with Crippen molar-refractivity contribution in [1.29, 1.82) is 0 Å². The Bertz CT molecular complexity index is 2060. The van der Waals surface area contributed by atoms with Crippen LogP contribution in [0.1, 0.15) is 22.3 Å². The first-order chi connectivity index (χ1) is 18.4. The van der Waals surface area contributed by atoms with Crippen LogP contribution >= 0.6 is 0 Å². The summed E-state index contributed by atoms with van der Waals surface area (Å²) in [7, 11) is 0. The van der Waals surface area contributed by atoms with E-state index in [0.29, 0.717) is 21.9 Å². The predicted octanol–water partition coefficient (Wildman–Crippen LogP) is 8.94. The topological polar surface area (TPSA) is 35.1 Å². The number of fused-ring (bicyclic) bond motifs is 5. The molecule has 0 bridgehead atoms. The summed E-state index contributed by atoms with van der Waals surface area (Å²) >= 11 is 0. The third-order valence-corrected chi connectivity index (χ3v) is 7.66. The average molecular weight is 494 g/mol. The van der Waals surface area contributed by atoms with Gasteiger partial charge in [0.05, 0.1) is 21.8 Å². The summed E-state index contributed by atoms with van der Waals surface area (Å²) in [5.41, 5.74) is 12.0. The first kappa shape index (κ1) is 22.6. The highest BCUT2D eigenvalue weighted by molar-refractivity contribution is 6.11. The molecule has 0 saturated carbocycles. The molecule has 0 aliphatic carbocycles. The van der Waals surface area contributed by atoms with Gasteiger partial charge < -0.3 is 8.98 Å². The molecule has 5 aromatic carbocycles. The third-order valence-electron chi connectivity index (χ3n) is 7.66. The van der Waals surface area contributed by atoms with Gasteiger partial charge in [0.25, 0.3) is 0 Å². The quantitative estimate of drug-likeness (QED) is 0.225. The summed E-state index contributed by atoms with van der Waals surface area (Å²) in [5.74, 6) is 0. The molecule has 0 amide bonds. The highest BCUT2D eigenvalue weighted by Crippen LogP contribution is 2.37. The molecule has 7 rings (SSSR count). The molecule has 0 spiro atoms. The van der Waals surface area contributed by atoms with Gasteiger partial charge in [-0.15, -0.1) is 0 Å². The van der Waals surface area contributed by atoms with Gasteiger partial charge in [-0.25, -0.2) is 0 Å². The second-order valence-corrected chi connectivity index (χ2v) is 10.5. The highest BCUT2D eigenvalue weighted by Gasteiger charge is 2.17. The molecule has 0 N–H and O–H groups in total. The second kappa shape index (κ2) is 8.19. The lowest BCUT2D eigenvalue weighted by Gasteiger charge is -2.13. The van der Waals surface area contributed by atoms with Crippen LogP contribution in [-0.2, 0) is 0 Å². The van der Waals surface area contributed by atoms with Crippen molar-refractivity contribution in [1.82, 2.24) is 4.57 Å². The number of aromatic nitrogens is 1. The number of rotatable bonds is 2. The van der Waals surface area contributed by atoms with Crippen molar-refractivity contribution in [3.63, 3.8) is 0 Å². The lowest BCUT2D eigenvalue weighted by molar-refractivity contribution is 0.660. The third kappa shape index (κ3) is 3.32. The van der Waals surface area contributed by atoms with E-state index in [1.807, 2.05) is 42.5 Å². The lowest BCUT2D eigenvalue weighted by atomic mass is 10.0. The fourth-order valence-corrected chi connectivity index (χ4v) is 6.08. The van der Waals surface area contributed by atoms with Gasteiger partial charge in [-0.3, -0.25) is 4.79 Å². The molecule has 0 saturated heterocycles. The van der Waals surface area contributed by atoms with Gasteiger partial charge >= 0.3 is 0 Å². The van der Waals surface area contributed by atoms with Crippen LogP contribution in [0.3, 0.4) is 0 Å². The zero-order chi connectivity index (χ0) is 26.1. The molecule has 7 aromatic rings. The van der Waals surface area contributed by atoms with Gasteiger partial charge in [-0.1, -0.05) is 53.6 Å². The molecule has 2 aromatic heterocycles. The average Bonchev–Trinajstić information content (AvgIpc) is 3.23. The van der Waals surface area contributed by atoms with E-state index in [9.17, 15) is 4.79 Å². The smallest absolute Gasteiger partial charge is 0.200 e. The van der Waals surface area contributed by atoms with E-state index < -0.39 is 0 Å². The van der Waals surface area contributed by atoms with Crippen molar-refractivity contribution in [2.45, 2.75) is 27.7 Å².